The van der Waals surface area contributed by atoms with Crippen LogP contribution in [0.5, 0.6) is 0 Å². The Morgan fingerprint density at radius 3 is 2.60 bits per heavy atom. The van der Waals surface area contributed by atoms with Crippen LogP contribution >= 0.6 is 11.6 Å². The summed E-state index contributed by atoms with van der Waals surface area (Å²) in [6, 6.07) is 7.96. The predicted octanol–water partition coefficient (Wildman–Crippen LogP) is 3.38. The van der Waals surface area contributed by atoms with Crippen molar-refractivity contribution < 1.29 is 14.3 Å². The fourth-order valence-corrected chi connectivity index (χ4v) is 2.10. The molecule has 1 atom stereocenters. The van der Waals surface area contributed by atoms with E-state index in [1.165, 1.54) is 25.3 Å². The monoisotopic (exact) mass is 362 g/mol. The number of hydrogen-bond donors (Lipinski definition) is 2. The van der Waals surface area contributed by atoms with Crippen LogP contribution in [0.15, 0.2) is 30.3 Å². The standard InChI is InChI=1S/C17H19ClN4O3/c1-4-10(2)19-15-8-7-13(21-22-15)16(23)20-14-9-11(17(24)25-3)5-6-12(14)18/h5-10H,4H2,1-3H3,(H,19,22)(H,20,23). The zero-order chi connectivity index (χ0) is 18.4. The van der Waals surface area contributed by atoms with Crippen molar-refractivity contribution in [2.45, 2.75) is 26.3 Å². The molecule has 0 saturated carbocycles. The summed E-state index contributed by atoms with van der Waals surface area (Å²) in [5.74, 6) is -0.407. The highest BCUT2D eigenvalue weighted by atomic mass is 35.5. The number of aromatic nitrogens is 2. The van der Waals surface area contributed by atoms with Gasteiger partial charge in [0.2, 0.25) is 0 Å². The number of nitrogens with zero attached hydrogens (tertiary/aromatic N) is 2. The van der Waals surface area contributed by atoms with Crippen molar-refractivity contribution in [1.82, 2.24) is 10.2 Å². The van der Waals surface area contributed by atoms with Gasteiger partial charge in [-0.25, -0.2) is 4.79 Å². The van der Waals surface area contributed by atoms with E-state index in [9.17, 15) is 9.59 Å². The number of halogens is 1. The number of rotatable bonds is 6. The highest BCUT2D eigenvalue weighted by molar-refractivity contribution is 6.34. The van der Waals surface area contributed by atoms with Crippen LogP contribution in [0.4, 0.5) is 11.5 Å². The molecule has 1 heterocycles. The van der Waals surface area contributed by atoms with Crippen LogP contribution in [-0.2, 0) is 4.74 Å². The van der Waals surface area contributed by atoms with Crippen LogP contribution in [0.1, 0.15) is 41.1 Å². The summed E-state index contributed by atoms with van der Waals surface area (Å²) in [6.45, 7) is 4.08. The Labute approximate surface area is 150 Å². The zero-order valence-corrected chi connectivity index (χ0v) is 14.9. The largest absolute Gasteiger partial charge is 0.465 e. The van der Waals surface area contributed by atoms with E-state index >= 15 is 0 Å². The Kier molecular flexibility index (Phi) is 6.30. The predicted molar refractivity (Wildman–Crippen MR) is 96.2 cm³/mol. The summed E-state index contributed by atoms with van der Waals surface area (Å²) in [5.41, 5.74) is 0.703. The first-order chi connectivity index (χ1) is 11.9. The third-order valence-corrected chi connectivity index (χ3v) is 3.87. The van der Waals surface area contributed by atoms with Gasteiger partial charge < -0.3 is 15.4 Å². The maximum Gasteiger partial charge on any atom is 0.337 e. The van der Waals surface area contributed by atoms with Gasteiger partial charge in [0.15, 0.2) is 5.69 Å². The molecule has 1 unspecified atom stereocenters. The van der Waals surface area contributed by atoms with Crippen molar-refractivity contribution in [1.29, 1.82) is 0 Å². The molecule has 0 saturated heterocycles. The second-order valence-corrected chi connectivity index (χ2v) is 5.80. The molecule has 8 heteroatoms. The van der Waals surface area contributed by atoms with Gasteiger partial charge in [-0.15, -0.1) is 10.2 Å². The SMILES string of the molecule is CCC(C)Nc1ccc(C(=O)Nc2cc(C(=O)OC)ccc2Cl)nn1. The van der Waals surface area contributed by atoms with Crippen LogP contribution in [0, 0.1) is 0 Å². The molecule has 2 aromatic rings. The molecule has 1 aromatic heterocycles. The van der Waals surface area contributed by atoms with E-state index in [1.807, 2.05) is 6.92 Å². The summed E-state index contributed by atoms with van der Waals surface area (Å²) < 4.78 is 4.65. The molecule has 7 nitrogen and oxygen atoms in total. The number of carbonyl (C=O) groups is 2. The fraction of sp³-hybridized carbons (Fsp3) is 0.294. The molecule has 0 fully saturated rings. The summed E-state index contributed by atoms with van der Waals surface area (Å²) in [7, 11) is 1.28. The highest BCUT2D eigenvalue weighted by Crippen LogP contribution is 2.24. The fourth-order valence-electron chi connectivity index (χ4n) is 1.94. The Morgan fingerprint density at radius 2 is 2.00 bits per heavy atom. The van der Waals surface area contributed by atoms with Crippen LogP contribution < -0.4 is 10.6 Å². The quantitative estimate of drug-likeness (QED) is 0.765. The summed E-state index contributed by atoms with van der Waals surface area (Å²) in [6.07, 6.45) is 0.943. The molecule has 0 aliphatic rings. The lowest BCUT2D eigenvalue weighted by molar-refractivity contribution is 0.0600. The van der Waals surface area contributed by atoms with Crippen molar-refractivity contribution in [2.24, 2.45) is 0 Å². The molecule has 0 spiro atoms. The molecule has 0 aliphatic carbocycles. The smallest absolute Gasteiger partial charge is 0.337 e. The van der Waals surface area contributed by atoms with Gasteiger partial charge in [-0.2, -0.15) is 0 Å². The number of carbonyl (C=O) groups excluding carboxylic acids is 2. The first kappa shape index (κ1) is 18.7. The number of esters is 1. The van der Waals surface area contributed by atoms with Gasteiger partial charge in [0, 0.05) is 6.04 Å². The normalized spacial score (nSPS) is 11.5. The number of benzene rings is 1. The van der Waals surface area contributed by atoms with Gasteiger partial charge >= 0.3 is 5.97 Å². The Bertz CT molecular complexity index is 765. The van der Waals surface area contributed by atoms with Gasteiger partial charge in [0.05, 0.1) is 23.4 Å². The average Bonchev–Trinajstić information content (AvgIpc) is 2.63. The van der Waals surface area contributed by atoms with Crippen molar-refractivity contribution >= 4 is 35.0 Å². The van der Waals surface area contributed by atoms with E-state index in [0.29, 0.717) is 10.8 Å². The number of amides is 1. The topological polar surface area (TPSA) is 93.2 Å². The number of nitrogens with one attached hydrogen (secondary N) is 2. The van der Waals surface area contributed by atoms with Gasteiger partial charge in [-0.05, 0) is 43.7 Å². The summed E-state index contributed by atoms with van der Waals surface area (Å²) in [4.78, 5) is 23.9. The Balaban J connectivity index is 2.13. The van der Waals surface area contributed by atoms with Crippen LogP contribution in [0.2, 0.25) is 5.02 Å². The van der Waals surface area contributed by atoms with Gasteiger partial charge in [-0.1, -0.05) is 18.5 Å². The number of methoxy groups -OCH3 is 1. The molecule has 0 aliphatic heterocycles. The number of ether oxygens (including phenoxy) is 1. The molecule has 2 N–H and O–H groups in total. The minimum atomic E-state index is -0.521. The minimum Gasteiger partial charge on any atom is -0.465 e. The molecule has 2 rings (SSSR count). The molecule has 1 aromatic carbocycles. The van der Waals surface area contributed by atoms with Crippen LogP contribution in [-0.4, -0.2) is 35.2 Å². The molecule has 25 heavy (non-hydrogen) atoms. The lowest BCUT2D eigenvalue weighted by Crippen LogP contribution is -2.18. The molecule has 1 amide bonds. The molecule has 0 bridgehead atoms. The van der Waals surface area contributed by atoms with Crippen molar-refractivity contribution in [3.8, 4) is 0 Å². The van der Waals surface area contributed by atoms with E-state index in [1.54, 1.807) is 12.1 Å². The van der Waals surface area contributed by atoms with Crippen LogP contribution in [0.25, 0.3) is 0 Å². The molecular weight excluding hydrogens is 344 g/mol. The van der Waals surface area contributed by atoms with E-state index in [2.05, 4.69) is 32.5 Å². The third kappa shape index (κ3) is 4.90. The maximum absolute atomic E-state index is 12.3. The van der Waals surface area contributed by atoms with E-state index in [0.717, 1.165) is 6.42 Å². The first-order valence-corrected chi connectivity index (χ1v) is 8.11. The van der Waals surface area contributed by atoms with E-state index < -0.39 is 11.9 Å². The molecule has 132 valence electrons. The lowest BCUT2D eigenvalue weighted by Gasteiger charge is -2.11. The molecular formula is C17H19ClN4O3. The van der Waals surface area contributed by atoms with E-state index in [4.69, 9.17) is 11.6 Å². The van der Waals surface area contributed by atoms with Crippen molar-refractivity contribution in [2.75, 3.05) is 17.7 Å². The first-order valence-electron chi connectivity index (χ1n) is 7.74. The second kappa shape index (κ2) is 8.43. The van der Waals surface area contributed by atoms with Crippen molar-refractivity contribution in [3.63, 3.8) is 0 Å². The van der Waals surface area contributed by atoms with Gasteiger partial charge in [0.1, 0.15) is 5.82 Å². The zero-order valence-electron chi connectivity index (χ0n) is 14.2. The molecule has 0 radical (unpaired) electrons. The Hall–Kier alpha value is -2.67. The number of anilines is 2. The third-order valence-electron chi connectivity index (χ3n) is 3.54. The average molecular weight is 363 g/mol. The summed E-state index contributed by atoms with van der Waals surface area (Å²) >= 11 is 6.06. The second-order valence-electron chi connectivity index (χ2n) is 5.40. The summed E-state index contributed by atoms with van der Waals surface area (Å²) in [5, 5.41) is 14.0. The Morgan fingerprint density at radius 1 is 1.24 bits per heavy atom. The van der Waals surface area contributed by atoms with Gasteiger partial charge in [-0.3, -0.25) is 4.79 Å². The van der Waals surface area contributed by atoms with Gasteiger partial charge in [0.25, 0.3) is 5.91 Å². The van der Waals surface area contributed by atoms with Crippen LogP contribution in [0.3, 0.4) is 0 Å². The maximum atomic E-state index is 12.3. The minimum absolute atomic E-state index is 0.134. The highest BCUT2D eigenvalue weighted by Gasteiger charge is 2.14. The van der Waals surface area contributed by atoms with Crippen molar-refractivity contribution in [3.05, 3.63) is 46.6 Å². The lowest BCUT2D eigenvalue weighted by atomic mass is 10.2. The van der Waals surface area contributed by atoms with E-state index in [-0.39, 0.29) is 23.0 Å². The number of hydrogen-bond acceptors (Lipinski definition) is 6.